The van der Waals surface area contributed by atoms with Gasteiger partial charge in [-0.25, -0.2) is 4.39 Å². The van der Waals surface area contributed by atoms with Gasteiger partial charge in [0.25, 0.3) is 0 Å². The predicted molar refractivity (Wildman–Crippen MR) is 67.3 cm³/mol. The summed E-state index contributed by atoms with van der Waals surface area (Å²) in [5.41, 5.74) is 5.05. The van der Waals surface area contributed by atoms with Crippen molar-refractivity contribution >= 4 is 22.9 Å². The Morgan fingerprint density at radius 1 is 1.53 bits per heavy atom. The van der Waals surface area contributed by atoms with Crippen LogP contribution < -0.4 is 11.3 Å². The van der Waals surface area contributed by atoms with Crippen LogP contribution in [0.4, 0.5) is 4.39 Å². The summed E-state index contributed by atoms with van der Waals surface area (Å²) >= 11 is 7.45. The van der Waals surface area contributed by atoms with Gasteiger partial charge in [0.1, 0.15) is 5.82 Å². The lowest BCUT2D eigenvalue weighted by atomic mass is 10.0. The van der Waals surface area contributed by atoms with Crippen molar-refractivity contribution in [3.63, 3.8) is 0 Å². The summed E-state index contributed by atoms with van der Waals surface area (Å²) in [6, 6.07) is 4.48. The first kappa shape index (κ1) is 12.4. The molecule has 0 aliphatic rings. The van der Waals surface area contributed by atoms with E-state index in [-0.39, 0.29) is 11.1 Å². The van der Waals surface area contributed by atoms with Crippen LogP contribution in [-0.4, -0.2) is 4.98 Å². The lowest BCUT2D eigenvalue weighted by molar-refractivity contribution is 0.548. The van der Waals surface area contributed by atoms with Crippen molar-refractivity contribution in [3.8, 4) is 0 Å². The van der Waals surface area contributed by atoms with Crippen molar-refractivity contribution in [2.75, 3.05) is 0 Å². The largest absolute Gasteiger partial charge is 0.271 e. The van der Waals surface area contributed by atoms with Crippen LogP contribution in [0.1, 0.15) is 16.5 Å². The number of nitrogens with one attached hydrogen (secondary N) is 1. The monoisotopic (exact) mass is 271 g/mol. The van der Waals surface area contributed by atoms with Gasteiger partial charge in [-0.2, -0.15) is 0 Å². The maximum Gasteiger partial charge on any atom is 0.142 e. The summed E-state index contributed by atoms with van der Waals surface area (Å²) in [7, 11) is 0. The molecule has 1 atom stereocenters. The standard InChI is InChI=1S/C11H11ClFN3S/c12-11-8(2-1-3-9(11)13)10(16-14)4-7-5-15-6-17-7/h1-3,5-6,10,16H,4,14H2. The van der Waals surface area contributed by atoms with Crippen molar-refractivity contribution in [2.24, 2.45) is 5.84 Å². The smallest absolute Gasteiger partial charge is 0.142 e. The van der Waals surface area contributed by atoms with Gasteiger partial charge in [0.05, 0.1) is 16.6 Å². The summed E-state index contributed by atoms with van der Waals surface area (Å²) in [5, 5.41) is 0.111. The zero-order chi connectivity index (χ0) is 12.3. The van der Waals surface area contributed by atoms with E-state index in [9.17, 15) is 4.39 Å². The molecule has 0 spiro atoms. The molecular formula is C11H11ClFN3S. The van der Waals surface area contributed by atoms with Crippen molar-refractivity contribution in [1.82, 2.24) is 10.4 Å². The fourth-order valence-corrected chi connectivity index (χ4v) is 2.49. The molecule has 90 valence electrons. The van der Waals surface area contributed by atoms with Crippen LogP contribution in [-0.2, 0) is 6.42 Å². The molecule has 3 N–H and O–H groups in total. The summed E-state index contributed by atoms with van der Waals surface area (Å²) in [5.74, 6) is 5.06. The van der Waals surface area contributed by atoms with Crippen molar-refractivity contribution in [2.45, 2.75) is 12.5 Å². The Balaban J connectivity index is 2.26. The molecule has 2 aromatic rings. The van der Waals surface area contributed by atoms with Crippen LogP contribution >= 0.6 is 22.9 Å². The molecule has 1 aromatic heterocycles. The molecule has 3 nitrogen and oxygen atoms in total. The minimum atomic E-state index is -0.436. The Morgan fingerprint density at radius 3 is 3.00 bits per heavy atom. The highest BCUT2D eigenvalue weighted by Gasteiger charge is 2.16. The second kappa shape index (κ2) is 5.55. The van der Waals surface area contributed by atoms with Gasteiger partial charge < -0.3 is 0 Å². The first-order valence-corrected chi connectivity index (χ1v) is 6.25. The number of hydrazine groups is 1. The molecule has 0 bridgehead atoms. The van der Waals surface area contributed by atoms with Gasteiger partial charge in [0.15, 0.2) is 0 Å². The molecule has 0 radical (unpaired) electrons. The highest BCUT2D eigenvalue weighted by molar-refractivity contribution is 7.09. The minimum absolute atomic E-state index is 0.111. The van der Waals surface area contributed by atoms with Gasteiger partial charge in [-0.05, 0) is 11.6 Å². The summed E-state index contributed by atoms with van der Waals surface area (Å²) in [6.45, 7) is 0. The molecule has 1 heterocycles. The molecule has 1 unspecified atom stereocenters. The number of hydrogen-bond donors (Lipinski definition) is 2. The van der Waals surface area contributed by atoms with E-state index >= 15 is 0 Å². The zero-order valence-corrected chi connectivity index (χ0v) is 10.4. The SMILES string of the molecule is NNC(Cc1cncs1)c1cccc(F)c1Cl. The molecule has 0 amide bonds. The molecule has 2 rings (SSSR count). The van der Waals surface area contributed by atoms with Crippen molar-refractivity contribution in [1.29, 1.82) is 0 Å². The fraction of sp³-hybridized carbons (Fsp3) is 0.182. The molecule has 0 aliphatic heterocycles. The first-order valence-electron chi connectivity index (χ1n) is 4.99. The van der Waals surface area contributed by atoms with Gasteiger partial charge >= 0.3 is 0 Å². The van der Waals surface area contributed by atoms with Crippen molar-refractivity contribution in [3.05, 3.63) is 51.2 Å². The Hall–Kier alpha value is -1.01. The number of halogens is 2. The Bertz CT molecular complexity index is 489. The Morgan fingerprint density at radius 2 is 2.35 bits per heavy atom. The molecule has 0 aliphatic carbocycles. The van der Waals surface area contributed by atoms with Gasteiger partial charge in [0.2, 0.25) is 0 Å². The summed E-state index contributed by atoms with van der Waals surface area (Å²) in [6.07, 6.45) is 2.40. The summed E-state index contributed by atoms with van der Waals surface area (Å²) < 4.78 is 13.3. The van der Waals surface area contributed by atoms with Gasteiger partial charge in [-0.3, -0.25) is 16.3 Å². The van der Waals surface area contributed by atoms with E-state index in [0.29, 0.717) is 12.0 Å². The Labute approximate surface area is 107 Å². The van der Waals surface area contributed by atoms with Gasteiger partial charge in [-0.1, -0.05) is 23.7 Å². The third-order valence-corrected chi connectivity index (χ3v) is 3.65. The highest BCUT2D eigenvalue weighted by atomic mass is 35.5. The number of aromatic nitrogens is 1. The van der Waals surface area contributed by atoms with E-state index in [2.05, 4.69) is 10.4 Å². The average molecular weight is 272 g/mol. The maximum atomic E-state index is 13.3. The maximum absolute atomic E-state index is 13.3. The van der Waals surface area contributed by atoms with E-state index in [1.165, 1.54) is 17.4 Å². The molecule has 17 heavy (non-hydrogen) atoms. The minimum Gasteiger partial charge on any atom is -0.271 e. The van der Waals surface area contributed by atoms with E-state index in [1.54, 1.807) is 23.8 Å². The topological polar surface area (TPSA) is 50.9 Å². The van der Waals surface area contributed by atoms with Crippen LogP contribution in [0.2, 0.25) is 5.02 Å². The summed E-state index contributed by atoms with van der Waals surface area (Å²) in [4.78, 5) is 5.05. The molecule has 0 fully saturated rings. The lowest BCUT2D eigenvalue weighted by Gasteiger charge is -2.16. The second-order valence-corrected chi connectivity index (χ2v) is 4.88. The van der Waals surface area contributed by atoms with E-state index in [0.717, 1.165) is 4.88 Å². The number of rotatable bonds is 4. The molecule has 0 saturated heterocycles. The third-order valence-electron chi connectivity index (χ3n) is 2.45. The third kappa shape index (κ3) is 2.81. The lowest BCUT2D eigenvalue weighted by Crippen LogP contribution is -2.29. The predicted octanol–water partition coefficient (Wildman–Crippen LogP) is 2.68. The normalized spacial score (nSPS) is 12.6. The van der Waals surface area contributed by atoms with Crippen molar-refractivity contribution < 1.29 is 4.39 Å². The van der Waals surface area contributed by atoms with Crippen LogP contribution in [0.15, 0.2) is 29.9 Å². The molecule has 0 saturated carbocycles. The number of thiazole rings is 1. The van der Waals surface area contributed by atoms with Crippen LogP contribution in [0.3, 0.4) is 0 Å². The Kier molecular flexibility index (Phi) is 4.06. The fourth-order valence-electron chi connectivity index (χ4n) is 1.59. The van der Waals surface area contributed by atoms with Crippen LogP contribution in [0.5, 0.6) is 0 Å². The number of hydrogen-bond acceptors (Lipinski definition) is 4. The van der Waals surface area contributed by atoms with Gasteiger partial charge in [-0.15, -0.1) is 11.3 Å². The second-order valence-electron chi connectivity index (χ2n) is 3.53. The first-order chi connectivity index (χ1) is 8.22. The molecular weight excluding hydrogens is 261 g/mol. The zero-order valence-electron chi connectivity index (χ0n) is 8.86. The van der Waals surface area contributed by atoms with Gasteiger partial charge in [0, 0.05) is 17.5 Å². The van der Waals surface area contributed by atoms with E-state index in [1.807, 2.05) is 0 Å². The number of nitrogens with two attached hydrogens (primary N) is 1. The number of nitrogens with zero attached hydrogens (tertiary/aromatic N) is 1. The van der Waals surface area contributed by atoms with Crippen LogP contribution in [0, 0.1) is 5.82 Å². The van der Waals surface area contributed by atoms with E-state index < -0.39 is 5.82 Å². The quantitative estimate of drug-likeness (QED) is 0.664. The molecule has 1 aromatic carbocycles. The number of benzene rings is 1. The molecule has 6 heteroatoms. The average Bonchev–Trinajstić information content (AvgIpc) is 2.83. The van der Waals surface area contributed by atoms with E-state index in [4.69, 9.17) is 17.4 Å². The van der Waals surface area contributed by atoms with Crippen LogP contribution in [0.25, 0.3) is 0 Å². The highest BCUT2D eigenvalue weighted by Crippen LogP contribution is 2.28.